The van der Waals surface area contributed by atoms with Crippen molar-refractivity contribution in [2.75, 3.05) is 13.1 Å². The molecule has 4 rings (SSSR count). The number of hydrogen-bond acceptors (Lipinski definition) is 3. The minimum absolute atomic E-state index is 0.707. The second kappa shape index (κ2) is 4.69. The number of benzene rings is 1. The molecule has 0 amide bonds. The highest BCUT2D eigenvalue weighted by atomic mass is 32.2. The molecule has 98 valence electrons. The van der Waals surface area contributed by atoms with Gasteiger partial charge in [-0.25, -0.2) is 4.98 Å². The van der Waals surface area contributed by atoms with Crippen LogP contribution in [0, 0.1) is 0 Å². The van der Waals surface area contributed by atoms with E-state index in [1.54, 1.807) is 0 Å². The average molecular weight is 271 g/mol. The summed E-state index contributed by atoms with van der Waals surface area (Å²) in [5.74, 6) is 1.21. The Morgan fingerprint density at radius 2 is 2.21 bits per heavy atom. The van der Waals surface area contributed by atoms with Crippen LogP contribution >= 0.6 is 11.8 Å². The molecule has 0 radical (unpaired) electrons. The van der Waals surface area contributed by atoms with E-state index in [4.69, 9.17) is 0 Å². The van der Waals surface area contributed by atoms with Crippen molar-refractivity contribution in [1.82, 2.24) is 14.5 Å². The van der Waals surface area contributed by atoms with Crippen LogP contribution in [0.4, 0.5) is 0 Å². The Bertz CT molecular complexity index is 568. The van der Waals surface area contributed by atoms with Gasteiger partial charge in [-0.15, -0.1) is 11.8 Å². The second-order valence-corrected chi connectivity index (χ2v) is 6.67. The number of hydrogen-bond donors (Lipinski definition) is 0. The predicted octanol–water partition coefficient (Wildman–Crippen LogP) is 2.42. The summed E-state index contributed by atoms with van der Waals surface area (Å²) in [5.41, 5.74) is 1.52. The van der Waals surface area contributed by atoms with Crippen molar-refractivity contribution in [3.05, 3.63) is 48.0 Å². The standard InChI is InChI=1S/C15H17N3S/c1-2-4-14-12(3-1)9-13(19-14)10-17-7-8-18-6-5-16-15(18)11-17/h1-6,13H,7-11H2. The van der Waals surface area contributed by atoms with Crippen LogP contribution in [-0.4, -0.2) is 32.8 Å². The zero-order valence-electron chi connectivity index (χ0n) is 10.8. The third-order valence-corrected chi connectivity index (χ3v) is 5.30. The zero-order chi connectivity index (χ0) is 12.7. The summed E-state index contributed by atoms with van der Waals surface area (Å²) in [4.78, 5) is 8.46. The van der Waals surface area contributed by atoms with Crippen molar-refractivity contribution in [1.29, 1.82) is 0 Å². The van der Waals surface area contributed by atoms with Gasteiger partial charge in [0.15, 0.2) is 0 Å². The molecule has 2 aliphatic rings. The van der Waals surface area contributed by atoms with Gasteiger partial charge in [-0.2, -0.15) is 0 Å². The molecule has 3 heterocycles. The Morgan fingerprint density at radius 1 is 1.26 bits per heavy atom. The number of imidazole rings is 1. The summed E-state index contributed by atoms with van der Waals surface area (Å²) in [5, 5.41) is 0.707. The predicted molar refractivity (Wildman–Crippen MR) is 77.3 cm³/mol. The van der Waals surface area contributed by atoms with E-state index in [1.807, 2.05) is 18.0 Å². The summed E-state index contributed by atoms with van der Waals surface area (Å²) in [7, 11) is 0. The Morgan fingerprint density at radius 3 is 3.16 bits per heavy atom. The molecule has 0 spiro atoms. The number of aromatic nitrogens is 2. The van der Waals surface area contributed by atoms with E-state index in [9.17, 15) is 0 Å². The third-order valence-electron chi connectivity index (χ3n) is 4.00. The van der Waals surface area contributed by atoms with Crippen molar-refractivity contribution >= 4 is 11.8 Å². The van der Waals surface area contributed by atoms with Crippen LogP contribution in [0.15, 0.2) is 41.6 Å². The summed E-state index contributed by atoms with van der Waals surface area (Å²) in [6, 6.07) is 8.82. The summed E-state index contributed by atoms with van der Waals surface area (Å²) >= 11 is 2.04. The molecular formula is C15H17N3S. The van der Waals surface area contributed by atoms with Gasteiger partial charge in [-0.3, -0.25) is 4.90 Å². The fraction of sp³-hybridized carbons (Fsp3) is 0.400. The lowest BCUT2D eigenvalue weighted by atomic mass is 10.1. The lowest BCUT2D eigenvalue weighted by molar-refractivity contribution is 0.218. The molecule has 2 aromatic rings. The van der Waals surface area contributed by atoms with E-state index in [2.05, 4.69) is 44.9 Å². The van der Waals surface area contributed by atoms with E-state index < -0.39 is 0 Å². The monoisotopic (exact) mass is 271 g/mol. The van der Waals surface area contributed by atoms with E-state index in [1.165, 1.54) is 29.2 Å². The van der Waals surface area contributed by atoms with Gasteiger partial charge in [0.25, 0.3) is 0 Å². The fourth-order valence-electron chi connectivity index (χ4n) is 3.02. The Kier molecular flexibility index (Phi) is 2.85. The lowest BCUT2D eigenvalue weighted by Gasteiger charge is -2.29. The van der Waals surface area contributed by atoms with Gasteiger partial charge in [0.2, 0.25) is 0 Å². The first-order chi connectivity index (χ1) is 9.38. The largest absolute Gasteiger partial charge is 0.333 e. The zero-order valence-corrected chi connectivity index (χ0v) is 11.6. The minimum atomic E-state index is 0.707. The molecular weight excluding hydrogens is 254 g/mol. The van der Waals surface area contributed by atoms with Crippen molar-refractivity contribution in [2.24, 2.45) is 0 Å². The summed E-state index contributed by atoms with van der Waals surface area (Å²) in [6.45, 7) is 4.41. The maximum absolute atomic E-state index is 4.44. The van der Waals surface area contributed by atoms with Crippen LogP contribution in [0.25, 0.3) is 0 Å². The molecule has 0 bridgehead atoms. The van der Waals surface area contributed by atoms with Gasteiger partial charge in [0.1, 0.15) is 5.82 Å². The molecule has 0 saturated heterocycles. The maximum Gasteiger partial charge on any atom is 0.122 e. The van der Waals surface area contributed by atoms with Crippen molar-refractivity contribution < 1.29 is 0 Å². The first kappa shape index (κ1) is 11.6. The summed E-state index contributed by atoms with van der Waals surface area (Å²) < 4.78 is 2.27. The molecule has 19 heavy (non-hydrogen) atoms. The van der Waals surface area contributed by atoms with Crippen molar-refractivity contribution in [3.63, 3.8) is 0 Å². The van der Waals surface area contributed by atoms with E-state index >= 15 is 0 Å². The first-order valence-electron chi connectivity index (χ1n) is 6.85. The Balaban J connectivity index is 1.42. The molecule has 1 atom stereocenters. The number of fused-ring (bicyclic) bond motifs is 2. The molecule has 2 aliphatic heterocycles. The van der Waals surface area contributed by atoms with E-state index in [0.29, 0.717) is 5.25 Å². The molecule has 1 aromatic heterocycles. The highest BCUT2D eigenvalue weighted by molar-refractivity contribution is 8.00. The van der Waals surface area contributed by atoms with Gasteiger partial charge in [-0.1, -0.05) is 18.2 Å². The van der Waals surface area contributed by atoms with Gasteiger partial charge in [0, 0.05) is 42.2 Å². The maximum atomic E-state index is 4.44. The van der Waals surface area contributed by atoms with E-state index in [-0.39, 0.29) is 0 Å². The van der Waals surface area contributed by atoms with Crippen LogP contribution in [0.1, 0.15) is 11.4 Å². The fourth-order valence-corrected chi connectivity index (χ4v) is 4.39. The Hall–Kier alpha value is -1.26. The van der Waals surface area contributed by atoms with E-state index in [0.717, 1.165) is 19.6 Å². The quantitative estimate of drug-likeness (QED) is 0.837. The molecule has 4 heteroatoms. The first-order valence-corrected chi connectivity index (χ1v) is 7.73. The van der Waals surface area contributed by atoms with Crippen LogP contribution in [0.2, 0.25) is 0 Å². The van der Waals surface area contributed by atoms with Gasteiger partial charge < -0.3 is 4.57 Å². The molecule has 0 aliphatic carbocycles. The number of rotatable bonds is 2. The molecule has 1 aromatic carbocycles. The summed E-state index contributed by atoms with van der Waals surface area (Å²) in [6.07, 6.45) is 5.22. The lowest BCUT2D eigenvalue weighted by Crippen LogP contribution is -2.37. The number of nitrogens with zero attached hydrogens (tertiary/aromatic N) is 3. The number of thioether (sulfide) groups is 1. The topological polar surface area (TPSA) is 21.1 Å². The van der Waals surface area contributed by atoms with Crippen LogP contribution in [0.5, 0.6) is 0 Å². The molecule has 0 saturated carbocycles. The van der Waals surface area contributed by atoms with Crippen molar-refractivity contribution in [3.8, 4) is 0 Å². The highest BCUT2D eigenvalue weighted by Gasteiger charge is 2.25. The second-order valence-electron chi connectivity index (χ2n) is 5.32. The highest BCUT2D eigenvalue weighted by Crippen LogP contribution is 2.37. The normalized spacial score (nSPS) is 22.2. The van der Waals surface area contributed by atoms with Gasteiger partial charge in [0.05, 0.1) is 6.54 Å². The van der Waals surface area contributed by atoms with Gasteiger partial charge >= 0.3 is 0 Å². The third kappa shape index (κ3) is 2.19. The molecule has 0 N–H and O–H groups in total. The molecule has 3 nitrogen and oxygen atoms in total. The van der Waals surface area contributed by atoms with Crippen molar-refractivity contribution in [2.45, 2.75) is 29.7 Å². The molecule has 0 fully saturated rings. The SMILES string of the molecule is c1ccc2c(c1)CC(CN1CCn3ccnc3C1)S2. The van der Waals surface area contributed by atoms with Crippen LogP contribution < -0.4 is 0 Å². The van der Waals surface area contributed by atoms with Crippen LogP contribution in [-0.2, 0) is 19.5 Å². The molecule has 1 unspecified atom stereocenters. The van der Waals surface area contributed by atoms with Gasteiger partial charge in [-0.05, 0) is 18.1 Å². The van der Waals surface area contributed by atoms with Crippen LogP contribution in [0.3, 0.4) is 0 Å². The smallest absolute Gasteiger partial charge is 0.122 e. The Labute approximate surface area is 117 Å². The average Bonchev–Trinajstić information content (AvgIpc) is 3.03. The minimum Gasteiger partial charge on any atom is -0.333 e.